The molecular weight excluding hydrogens is 326 g/mol. The molecule has 0 atom stereocenters. The first-order valence-corrected chi connectivity index (χ1v) is 10.2. The average molecular weight is 348 g/mol. The predicted molar refractivity (Wildman–Crippen MR) is 98.5 cm³/mol. The van der Waals surface area contributed by atoms with Crippen LogP contribution in [0.2, 0.25) is 0 Å². The highest BCUT2D eigenvalue weighted by molar-refractivity contribution is 7.99. The second kappa shape index (κ2) is 6.69. The summed E-state index contributed by atoms with van der Waals surface area (Å²) >= 11 is 3.37. The lowest BCUT2D eigenvalue weighted by atomic mass is 10.2. The first-order valence-electron chi connectivity index (χ1n) is 8.26. The molecule has 4 rings (SSSR count). The summed E-state index contributed by atoms with van der Waals surface area (Å²) in [4.78, 5) is 16.6. The van der Waals surface area contributed by atoms with Gasteiger partial charge < -0.3 is 9.80 Å². The van der Waals surface area contributed by atoms with Crippen LogP contribution in [0.3, 0.4) is 0 Å². The summed E-state index contributed by atoms with van der Waals surface area (Å²) in [7, 11) is 0. The molecule has 2 aromatic rings. The number of nitrogens with zero attached hydrogens (tertiary/aromatic N) is 3. The van der Waals surface area contributed by atoms with Gasteiger partial charge in [0.05, 0.1) is 10.5 Å². The third kappa shape index (κ3) is 3.48. The van der Waals surface area contributed by atoms with E-state index in [4.69, 9.17) is 0 Å². The molecule has 0 N–H and O–H groups in total. The van der Waals surface area contributed by atoms with E-state index in [0.717, 1.165) is 43.7 Å². The Morgan fingerprint density at radius 1 is 1.22 bits per heavy atom. The summed E-state index contributed by atoms with van der Waals surface area (Å²) in [6, 6.07) is 8.38. The van der Waals surface area contributed by atoms with Crippen molar-refractivity contribution >= 4 is 45.1 Å². The van der Waals surface area contributed by atoms with Crippen LogP contribution in [0.5, 0.6) is 0 Å². The van der Waals surface area contributed by atoms with E-state index in [2.05, 4.69) is 33.5 Å². The van der Waals surface area contributed by atoms with E-state index in [1.54, 1.807) is 11.5 Å². The number of benzene rings is 1. The van der Waals surface area contributed by atoms with Gasteiger partial charge in [-0.1, -0.05) is 12.1 Å². The maximum absolute atomic E-state index is 12.3. The first kappa shape index (κ1) is 15.3. The third-order valence-electron chi connectivity index (χ3n) is 4.57. The number of aromatic nitrogens is 1. The van der Waals surface area contributed by atoms with Crippen LogP contribution in [0.4, 0.5) is 5.82 Å². The smallest absolute Gasteiger partial charge is 0.232 e. The Bertz CT molecular complexity index is 690. The van der Waals surface area contributed by atoms with E-state index in [1.807, 2.05) is 16.7 Å². The van der Waals surface area contributed by atoms with Crippen LogP contribution in [0.1, 0.15) is 12.8 Å². The molecular formula is C17H21N3OS2. The lowest BCUT2D eigenvalue weighted by Crippen LogP contribution is -2.49. The molecule has 4 nitrogen and oxygen atoms in total. The van der Waals surface area contributed by atoms with Crippen molar-refractivity contribution in [2.75, 3.05) is 42.6 Å². The van der Waals surface area contributed by atoms with Gasteiger partial charge in [0.2, 0.25) is 5.91 Å². The molecule has 0 unspecified atom stereocenters. The average Bonchev–Trinajstić information content (AvgIpc) is 3.32. The van der Waals surface area contributed by atoms with Gasteiger partial charge in [0, 0.05) is 31.6 Å². The fourth-order valence-electron chi connectivity index (χ4n) is 2.96. The molecule has 2 heterocycles. The van der Waals surface area contributed by atoms with Crippen LogP contribution in [0.15, 0.2) is 24.3 Å². The molecule has 1 saturated carbocycles. The molecule has 1 saturated heterocycles. The van der Waals surface area contributed by atoms with Crippen molar-refractivity contribution in [3.63, 3.8) is 0 Å². The molecule has 1 aromatic heterocycles. The van der Waals surface area contributed by atoms with Gasteiger partial charge in [-0.25, -0.2) is 0 Å². The molecule has 0 bridgehead atoms. The number of carbonyl (C=O) groups is 1. The monoisotopic (exact) mass is 347 g/mol. The maximum Gasteiger partial charge on any atom is 0.232 e. The lowest BCUT2D eigenvalue weighted by molar-refractivity contribution is -0.128. The van der Waals surface area contributed by atoms with Gasteiger partial charge in [-0.3, -0.25) is 4.79 Å². The number of carbonyl (C=O) groups excluding carboxylic acids is 1. The Morgan fingerprint density at radius 3 is 2.78 bits per heavy atom. The number of hydrogen-bond acceptors (Lipinski definition) is 5. The lowest BCUT2D eigenvalue weighted by Gasteiger charge is -2.35. The van der Waals surface area contributed by atoms with Crippen LogP contribution < -0.4 is 4.90 Å². The number of thioether (sulfide) groups is 1. The molecule has 1 amide bonds. The van der Waals surface area contributed by atoms with Gasteiger partial charge in [0.25, 0.3) is 0 Å². The van der Waals surface area contributed by atoms with Crippen molar-refractivity contribution in [1.29, 1.82) is 0 Å². The number of rotatable bonds is 5. The first-order chi connectivity index (χ1) is 11.3. The fraction of sp³-hybridized carbons (Fsp3) is 0.529. The van der Waals surface area contributed by atoms with Crippen LogP contribution in [0.25, 0.3) is 10.1 Å². The normalized spacial score (nSPS) is 18.6. The van der Waals surface area contributed by atoms with E-state index >= 15 is 0 Å². The highest BCUT2D eigenvalue weighted by Crippen LogP contribution is 2.32. The zero-order chi connectivity index (χ0) is 15.6. The molecule has 23 heavy (non-hydrogen) atoms. The number of anilines is 1. The van der Waals surface area contributed by atoms with Gasteiger partial charge in [0.1, 0.15) is 5.82 Å². The van der Waals surface area contributed by atoms with Crippen LogP contribution >= 0.6 is 23.3 Å². The number of hydrogen-bond donors (Lipinski definition) is 0. The third-order valence-corrected chi connectivity index (χ3v) is 6.54. The van der Waals surface area contributed by atoms with Crippen molar-refractivity contribution in [2.24, 2.45) is 5.92 Å². The van der Waals surface area contributed by atoms with E-state index in [-0.39, 0.29) is 0 Å². The second-order valence-electron chi connectivity index (χ2n) is 6.33. The Morgan fingerprint density at radius 2 is 2.00 bits per heavy atom. The van der Waals surface area contributed by atoms with Gasteiger partial charge in [0.15, 0.2) is 0 Å². The summed E-state index contributed by atoms with van der Waals surface area (Å²) in [5.41, 5.74) is 0. The Balaban J connectivity index is 1.32. The quantitative estimate of drug-likeness (QED) is 0.833. The van der Waals surface area contributed by atoms with Gasteiger partial charge in [-0.2, -0.15) is 16.1 Å². The molecule has 2 aliphatic rings. The standard InChI is InChI=1S/C17H21N3OS2/c21-16(12-22-11-13-5-6-13)19-7-9-20(10-8-19)17-14-3-1-2-4-15(14)23-18-17/h1-4,13H,5-12H2. The van der Waals surface area contributed by atoms with Crippen molar-refractivity contribution in [3.05, 3.63) is 24.3 Å². The zero-order valence-electron chi connectivity index (χ0n) is 13.1. The Kier molecular flexibility index (Phi) is 4.44. The minimum atomic E-state index is 0.304. The molecule has 1 aliphatic heterocycles. The van der Waals surface area contributed by atoms with E-state index in [1.165, 1.54) is 22.9 Å². The minimum Gasteiger partial charge on any atom is -0.352 e. The van der Waals surface area contributed by atoms with Crippen LogP contribution in [0, 0.1) is 5.92 Å². The molecule has 6 heteroatoms. The van der Waals surface area contributed by atoms with Gasteiger partial charge in [-0.05, 0) is 48.2 Å². The maximum atomic E-state index is 12.3. The summed E-state index contributed by atoms with van der Waals surface area (Å²) in [6.45, 7) is 3.39. The van der Waals surface area contributed by atoms with E-state index in [0.29, 0.717) is 11.7 Å². The SMILES string of the molecule is O=C(CSCC1CC1)N1CCN(c2nsc3ccccc23)CC1. The molecule has 1 aliphatic carbocycles. The number of amides is 1. The summed E-state index contributed by atoms with van der Waals surface area (Å²) in [5, 5.41) is 1.23. The molecule has 122 valence electrons. The molecule has 1 aromatic carbocycles. The second-order valence-corrected chi connectivity index (χ2v) is 8.16. The Labute approximate surface area is 145 Å². The van der Waals surface area contributed by atoms with Crippen molar-refractivity contribution < 1.29 is 4.79 Å². The number of fused-ring (bicyclic) bond motifs is 1. The predicted octanol–water partition coefficient (Wildman–Crippen LogP) is 3.09. The minimum absolute atomic E-state index is 0.304. The summed E-state index contributed by atoms with van der Waals surface area (Å²) < 4.78 is 5.86. The van der Waals surface area contributed by atoms with Crippen molar-refractivity contribution in [3.8, 4) is 0 Å². The van der Waals surface area contributed by atoms with E-state index < -0.39 is 0 Å². The molecule has 2 fully saturated rings. The van der Waals surface area contributed by atoms with Crippen LogP contribution in [-0.2, 0) is 4.79 Å². The van der Waals surface area contributed by atoms with Crippen LogP contribution in [-0.4, -0.2) is 52.9 Å². The summed E-state index contributed by atoms with van der Waals surface area (Å²) in [5.74, 6) is 4.09. The zero-order valence-corrected chi connectivity index (χ0v) is 14.7. The molecule has 0 spiro atoms. The van der Waals surface area contributed by atoms with Crippen molar-refractivity contribution in [2.45, 2.75) is 12.8 Å². The largest absolute Gasteiger partial charge is 0.352 e. The topological polar surface area (TPSA) is 36.4 Å². The summed E-state index contributed by atoms with van der Waals surface area (Å²) in [6.07, 6.45) is 2.73. The van der Waals surface area contributed by atoms with Gasteiger partial charge in [-0.15, -0.1) is 0 Å². The highest BCUT2D eigenvalue weighted by atomic mass is 32.2. The van der Waals surface area contributed by atoms with E-state index in [9.17, 15) is 4.79 Å². The number of piperazine rings is 1. The Hall–Kier alpha value is -1.27. The molecule has 0 radical (unpaired) electrons. The van der Waals surface area contributed by atoms with Crippen molar-refractivity contribution in [1.82, 2.24) is 9.27 Å². The van der Waals surface area contributed by atoms with Gasteiger partial charge >= 0.3 is 0 Å². The highest BCUT2D eigenvalue weighted by Gasteiger charge is 2.25. The fourth-order valence-corrected chi connectivity index (χ4v) is 4.89.